The molecule has 0 spiro atoms. The van der Waals surface area contributed by atoms with E-state index in [1.165, 1.54) is 12.1 Å². The molecule has 1 saturated heterocycles. The maximum atomic E-state index is 13.4. The number of para-hydroxylation sites is 1. The molecule has 0 saturated carbocycles. The topological polar surface area (TPSA) is 109 Å². The number of aromatic nitrogens is 1. The van der Waals surface area contributed by atoms with Crippen molar-refractivity contribution in [3.8, 4) is 0 Å². The van der Waals surface area contributed by atoms with E-state index in [4.69, 9.17) is 4.74 Å². The number of aromatic amines is 1. The zero-order chi connectivity index (χ0) is 22.4. The van der Waals surface area contributed by atoms with E-state index in [9.17, 15) is 19.7 Å². The minimum atomic E-state index is -0.639. The van der Waals surface area contributed by atoms with E-state index in [1.54, 1.807) is 29.0 Å². The first-order chi connectivity index (χ1) is 15.5. The standard InChI is InChI=1S/C23H22N4O5/c1-32-11-10-25-13-20(28)26-19(23(25)29)12-17-16-4-2-3-5-18(16)24-21(17)22(26)14-6-8-15(9-7-14)27(30)31/h2-9,19,22,24H,10-13H2,1H3/t19-,22+/m0/s1. The van der Waals surface area contributed by atoms with Crippen LogP contribution in [0.5, 0.6) is 0 Å². The lowest BCUT2D eigenvalue weighted by atomic mass is 9.86. The van der Waals surface area contributed by atoms with E-state index < -0.39 is 17.0 Å². The Morgan fingerprint density at radius 1 is 1.16 bits per heavy atom. The van der Waals surface area contributed by atoms with Gasteiger partial charge in [0.05, 0.1) is 24.1 Å². The van der Waals surface area contributed by atoms with Crippen LogP contribution in [-0.4, -0.2) is 64.4 Å². The molecule has 3 aromatic rings. The number of carbonyl (C=O) groups excluding carboxylic acids is 2. The monoisotopic (exact) mass is 434 g/mol. The Morgan fingerprint density at radius 2 is 1.91 bits per heavy atom. The second kappa shape index (κ2) is 7.76. The summed E-state index contributed by atoms with van der Waals surface area (Å²) in [5.41, 5.74) is 3.48. The highest BCUT2D eigenvalue weighted by Crippen LogP contribution is 2.42. The molecule has 2 aliphatic heterocycles. The molecule has 164 valence electrons. The number of piperazine rings is 1. The summed E-state index contributed by atoms with van der Waals surface area (Å²) in [6.07, 6.45) is 0.414. The van der Waals surface area contributed by atoms with Crippen molar-refractivity contribution in [2.45, 2.75) is 18.5 Å². The van der Waals surface area contributed by atoms with Crippen molar-refractivity contribution < 1.29 is 19.2 Å². The smallest absolute Gasteiger partial charge is 0.269 e. The summed E-state index contributed by atoms with van der Waals surface area (Å²) in [4.78, 5) is 44.0. The molecule has 2 amide bonds. The molecule has 1 fully saturated rings. The number of carbonyl (C=O) groups is 2. The molecule has 9 heteroatoms. The molecule has 2 atom stereocenters. The molecule has 0 aliphatic carbocycles. The van der Waals surface area contributed by atoms with Crippen LogP contribution >= 0.6 is 0 Å². The van der Waals surface area contributed by atoms with Gasteiger partial charge in [-0.3, -0.25) is 19.7 Å². The maximum absolute atomic E-state index is 13.4. The van der Waals surface area contributed by atoms with Crippen LogP contribution in [0.15, 0.2) is 48.5 Å². The maximum Gasteiger partial charge on any atom is 0.269 e. The molecule has 2 aliphatic rings. The Hall–Kier alpha value is -3.72. The third-order valence-corrected chi connectivity index (χ3v) is 6.33. The summed E-state index contributed by atoms with van der Waals surface area (Å²) < 4.78 is 5.11. The molecule has 5 rings (SSSR count). The van der Waals surface area contributed by atoms with E-state index in [-0.39, 0.29) is 24.0 Å². The van der Waals surface area contributed by atoms with Crippen LogP contribution in [0.25, 0.3) is 10.9 Å². The predicted molar refractivity (Wildman–Crippen MR) is 116 cm³/mol. The SMILES string of the molecule is COCCN1CC(=O)N2[C@H](c3ccc([N+](=O)[O-])cc3)c3[nH]c4ccccc4c3C[C@H]2C1=O. The van der Waals surface area contributed by atoms with Crippen LogP contribution in [-0.2, 0) is 20.7 Å². The van der Waals surface area contributed by atoms with Crippen LogP contribution < -0.4 is 0 Å². The quantitative estimate of drug-likeness (QED) is 0.490. The molecular weight excluding hydrogens is 412 g/mol. The lowest BCUT2D eigenvalue weighted by Gasteiger charge is -2.47. The Balaban J connectivity index is 1.65. The van der Waals surface area contributed by atoms with E-state index in [0.717, 1.165) is 27.7 Å². The van der Waals surface area contributed by atoms with Gasteiger partial charge in [0.1, 0.15) is 6.04 Å². The van der Waals surface area contributed by atoms with Crippen molar-refractivity contribution in [1.29, 1.82) is 0 Å². The lowest BCUT2D eigenvalue weighted by molar-refractivity contribution is -0.384. The molecule has 2 aromatic carbocycles. The van der Waals surface area contributed by atoms with Crippen LogP contribution in [0.4, 0.5) is 5.69 Å². The zero-order valence-electron chi connectivity index (χ0n) is 17.5. The first kappa shape index (κ1) is 20.2. The minimum Gasteiger partial charge on any atom is -0.383 e. The van der Waals surface area contributed by atoms with Gasteiger partial charge in [0.25, 0.3) is 5.69 Å². The molecule has 3 heterocycles. The lowest BCUT2D eigenvalue weighted by Crippen LogP contribution is -2.63. The zero-order valence-corrected chi connectivity index (χ0v) is 17.5. The van der Waals surface area contributed by atoms with Gasteiger partial charge >= 0.3 is 0 Å². The van der Waals surface area contributed by atoms with Crippen LogP contribution in [0.3, 0.4) is 0 Å². The van der Waals surface area contributed by atoms with Gasteiger partial charge in [-0.05, 0) is 29.3 Å². The Kier molecular flexibility index (Phi) is 4.90. The average molecular weight is 434 g/mol. The molecule has 0 unspecified atom stereocenters. The summed E-state index contributed by atoms with van der Waals surface area (Å²) in [6.45, 7) is 0.696. The number of non-ortho nitro benzene ring substituents is 1. The first-order valence-corrected chi connectivity index (χ1v) is 10.4. The fourth-order valence-electron chi connectivity index (χ4n) is 4.84. The Labute approximate surface area is 183 Å². The van der Waals surface area contributed by atoms with Gasteiger partial charge < -0.3 is 19.5 Å². The van der Waals surface area contributed by atoms with Crippen molar-refractivity contribution in [2.75, 3.05) is 26.8 Å². The Morgan fingerprint density at radius 3 is 2.62 bits per heavy atom. The largest absolute Gasteiger partial charge is 0.383 e. The number of benzene rings is 2. The number of amides is 2. The normalized spacial score (nSPS) is 20.4. The molecule has 9 nitrogen and oxygen atoms in total. The third-order valence-electron chi connectivity index (χ3n) is 6.33. The molecule has 1 aromatic heterocycles. The van der Waals surface area contributed by atoms with Crippen molar-refractivity contribution in [2.24, 2.45) is 0 Å². The van der Waals surface area contributed by atoms with E-state index in [2.05, 4.69) is 4.98 Å². The van der Waals surface area contributed by atoms with Crippen LogP contribution in [0, 0.1) is 10.1 Å². The molecule has 32 heavy (non-hydrogen) atoms. The molecule has 0 radical (unpaired) electrons. The number of hydrogen-bond acceptors (Lipinski definition) is 5. The number of nitrogens with one attached hydrogen (secondary N) is 1. The number of hydrogen-bond donors (Lipinski definition) is 1. The first-order valence-electron chi connectivity index (χ1n) is 10.4. The number of fused-ring (bicyclic) bond motifs is 4. The van der Waals surface area contributed by atoms with Crippen molar-refractivity contribution in [3.63, 3.8) is 0 Å². The van der Waals surface area contributed by atoms with Crippen LogP contribution in [0.2, 0.25) is 0 Å². The van der Waals surface area contributed by atoms with E-state index in [0.29, 0.717) is 19.6 Å². The second-order valence-corrected chi connectivity index (χ2v) is 8.09. The summed E-state index contributed by atoms with van der Waals surface area (Å²) in [6, 6.07) is 12.9. The number of rotatable bonds is 5. The molecule has 0 bridgehead atoms. The highest BCUT2D eigenvalue weighted by Gasteiger charge is 2.48. The third kappa shape index (κ3) is 3.13. The summed E-state index contributed by atoms with van der Waals surface area (Å²) in [5, 5.41) is 12.1. The van der Waals surface area contributed by atoms with Gasteiger partial charge in [-0.2, -0.15) is 0 Å². The van der Waals surface area contributed by atoms with Gasteiger partial charge in [-0.15, -0.1) is 0 Å². The highest BCUT2D eigenvalue weighted by atomic mass is 16.6. The summed E-state index contributed by atoms with van der Waals surface area (Å²) >= 11 is 0. The van der Waals surface area contributed by atoms with Gasteiger partial charge in [0.2, 0.25) is 11.8 Å². The Bertz CT molecular complexity index is 1220. The summed E-state index contributed by atoms with van der Waals surface area (Å²) in [5.74, 6) is -0.261. The number of nitrogens with zero attached hydrogens (tertiary/aromatic N) is 3. The van der Waals surface area contributed by atoms with E-state index in [1.807, 2.05) is 24.3 Å². The van der Waals surface area contributed by atoms with Crippen molar-refractivity contribution in [3.05, 3.63) is 75.5 Å². The molecule has 1 N–H and O–H groups in total. The minimum absolute atomic E-state index is 0.0161. The van der Waals surface area contributed by atoms with Gasteiger partial charge in [0.15, 0.2) is 0 Å². The van der Waals surface area contributed by atoms with Gasteiger partial charge in [0, 0.05) is 48.8 Å². The van der Waals surface area contributed by atoms with Gasteiger partial charge in [-0.1, -0.05) is 18.2 Å². The number of ether oxygens (including phenoxy) is 1. The van der Waals surface area contributed by atoms with Crippen molar-refractivity contribution in [1.82, 2.24) is 14.8 Å². The van der Waals surface area contributed by atoms with Crippen molar-refractivity contribution >= 4 is 28.4 Å². The highest BCUT2D eigenvalue weighted by molar-refractivity contribution is 5.97. The van der Waals surface area contributed by atoms with Crippen LogP contribution in [0.1, 0.15) is 22.9 Å². The fourth-order valence-corrected chi connectivity index (χ4v) is 4.84. The van der Waals surface area contributed by atoms with E-state index >= 15 is 0 Å². The molecular formula is C23H22N4O5. The number of methoxy groups -OCH3 is 1. The summed E-state index contributed by atoms with van der Waals surface area (Å²) in [7, 11) is 1.56. The number of nitro benzene ring substituents is 1. The second-order valence-electron chi connectivity index (χ2n) is 8.09. The average Bonchev–Trinajstić information content (AvgIpc) is 3.17. The predicted octanol–water partition coefficient (Wildman–Crippen LogP) is 2.41. The number of nitro groups is 1. The van der Waals surface area contributed by atoms with Gasteiger partial charge in [-0.25, -0.2) is 0 Å². The number of H-pyrrole nitrogens is 1. The fraction of sp³-hybridized carbons (Fsp3) is 0.304.